The van der Waals surface area contributed by atoms with Gasteiger partial charge >= 0.3 is 0 Å². The van der Waals surface area contributed by atoms with Crippen molar-refractivity contribution in [2.24, 2.45) is 0 Å². The summed E-state index contributed by atoms with van der Waals surface area (Å²) in [5.41, 5.74) is 4.60. The summed E-state index contributed by atoms with van der Waals surface area (Å²) in [7, 11) is 4.00. The third kappa shape index (κ3) is 6.84. The van der Waals surface area contributed by atoms with Gasteiger partial charge in [0.05, 0.1) is 11.6 Å². The van der Waals surface area contributed by atoms with E-state index in [2.05, 4.69) is 20.9 Å². The number of amides is 1. The van der Waals surface area contributed by atoms with Gasteiger partial charge in [0.2, 0.25) is 5.91 Å². The van der Waals surface area contributed by atoms with E-state index in [-0.39, 0.29) is 5.91 Å². The molecular weight excluding hydrogens is 382 g/mol. The molecule has 0 N–H and O–H groups in total. The number of nitrogens with zero attached hydrogens (tertiary/aromatic N) is 5. The van der Waals surface area contributed by atoms with Crippen molar-refractivity contribution in [3.05, 3.63) is 52.3 Å². The first kappa shape index (κ1) is 22.9. The number of hydrogen-bond acceptors (Lipinski definition) is 6. The molecule has 7 heteroatoms. The summed E-state index contributed by atoms with van der Waals surface area (Å²) < 4.78 is 0. The number of hydrogen-bond donors (Lipinski definition) is 0. The van der Waals surface area contributed by atoms with Crippen LogP contribution in [-0.4, -0.2) is 59.1 Å². The van der Waals surface area contributed by atoms with Gasteiger partial charge in [0.15, 0.2) is 5.16 Å². The highest BCUT2D eigenvalue weighted by molar-refractivity contribution is 7.98. The maximum atomic E-state index is 13.0. The van der Waals surface area contributed by atoms with E-state index in [1.165, 1.54) is 11.8 Å². The Bertz CT molecular complexity index is 851. The van der Waals surface area contributed by atoms with Crippen LogP contribution in [0.15, 0.2) is 29.4 Å². The summed E-state index contributed by atoms with van der Waals surface area (Å²) in [5.74, 6) is 0.115. The van der Waals surface area contributed by atoms with E-state index < -0.39 is 0 Å². The van der Waals surface area contributed by atoms with Crippen molar-refractivity contribution >= 4 is 17.7 Å². The van der Waals surface area contributed by atoms with Gasteiger partial charge in [-0.1, -0.05) is 23.9 Å². The number of aromatic nitrogens is 2. The van der Waals surface area contributed by atoms with Crippen LogP contribution in [0.4, 0.5) is 0 Å². The Morgan fingerprint density at radius 3 is 2.24 bits per heavy atom. The van der Waals surface area contributed by atoms with Crippen LogP contribution in [-0.2, 0) is 17.8 Å². The molecule has 0 aliphatic carbocycles. The highest BCUT2D eigenvalue weighted by Crippen LogP contribution is 2.18. The van der Waals surface area contributed by atoms with Crippen LogP contribution in [0, 0.1) is 25.2 Å². The number of aryl methyl sites for hydroxylation is 2. The van der Waals surface area contributed by atoms with Gasteiger partial charge in [-0.25, -0.2) is 9.97 Å². The number of benzene rings is 1. The standard InChI is InChI=1S/C22H29N5OS/c1-16-20(17(2)25-22(24-16)29-5)10-11-21(28)27(13-12-26(3)4)15-19-8-6-18(14-23)7-9-19/h6-9H,10-13,15H2,1-5H3. The summed E-state index contributed by atoms with van der Waals surface area (Å²) in [6.45, 7) is 5.96. The van der Waals surface area contributed by atoms with Crippen molar-refractivity contribution in [2.75, 3.05) is 33.4 Å². The molecule has 1 amide bonds. The van der Waals surface area contributed by atoms with Crippen molar-refractivity contribution in [3.8, 4) is 6.07 Å². The van der Waals surface area contributed by atoms with Crippen molar-refractivity contribution < 1.29 is 4.79 Å². The topological polar surface area (TPSA) is 73.1 Å². The molecule has 6 nitrogen and oxygen atoms in total. The van der Waals surface area contributed by atoms with E-state index in [9.17, 15) is 4.79 Å². The summed E-state index contributed by atoms with van der Waals surface area (Å²) in [6.07, 6.45) is 3.02. The van der Waals surface area contributed by atoms with Gasteiger partial charge < -0.3 is 9.80 Å². The summed E-state index contributed by atoms with van der Waals surface area (Å²) in [6, 6.07) is 9.54. The van der Waals surface area contributed by atoms with Crippen LogP contribution < -0.4 is 0 Å². The number of carbonyl (C=O) groups excluding carboxylic acids is 1. The minimum Gasteiger partial charge on any atom is -0.337 e. The van der Waals surface area contributed by atoms with E-state index in [1.54, 1.807) is 12.1 Å². The zero-order valence-electron chi connectivity index (χ0n) is 17.9. The van der Waals surface area contributed by atoms with Gasteiger partial charge in [0.1, 0.15) is 0 Å². The minimum absolute atomic E-state index is 0.115. The Hall–Kier alpha value is -2.43. The quantitative estimate of drug-likeness (QED) is 0.466. The van der Waals surface area contributed by atoms with Gasteiger partial charge in [-0.15, -0.1) is 0 Å². The number of carbonyl (C=O) groups is 1. The molecule has 0 saturated carbocycles. The number of thioether (sulfide) groups is 1. The monoisotopic (exact) mass is 411 g/mol. The van der Waals surface area contributed by atoms with E-state index in [1.807, 2.05) is 51.2 Å². The number of likely N-dealkylation sites (N-methyl/N-ethyl adjacent to an activating group) is 1. The minimum atomic E-state index is 0.115. The maximum Gasteiger partial charge on any atom is 0.223 e. The van der Waals surface area contributed by atoms with Gasteiger partial charge in [-0.2, -0.15) is 5.26 Å². The van der Waals surface area contributed by atoms with Crippen LogP contribution in [0.2, 0.25) is 0 Å². The molecule has 1 aromatic carbocycles. The zero-order valence-corrected chi connectivity index (χ0v) is 18.7. The highest BCUT2D eigenvalue weighted by atomic mass is 32.2. The van der Waals surface area contributed by atoms with Gasteiger partial charge in [0.25, 0.3) is 0 Å². The van der Waals surface area contributed by atoms with Crippen molar-refractivity contribution in [1.82, 2.24) is 19.8 Å². The Morgan fingerprint density at radius 2 is 1.72 bits per heavy atom. The highest BCUT2D eigenvalue weighted by Gasteiger charge is 2.17. The van der Waals surface area contributed by atoms with Crippen LogP contribution >= 0.6 is 11.8 Å². The average Bonchev–Trinajstić information content (AvgIpc) is 2.70. The zero-order chi connectivity index (χ0) is 21.4. The first-order valence-electron chi connectivity index (χ1n) is 9.63. The van der Waals surface area contributed by atoms with E-state index in [0.29, 0.717) is 31.5 Å². The molecule has 29 heavy (non-hydrogen) atoms. The summed E-state index contributed by atoms with van der Waals surface area (Å²) in [4.78, 5) is 26.0. The Balaban J connectivity index is 2.09. The lowest BCUT2D eigenvalue weighted by atomic mass is 10.1. The van der Waals surface area contributed by atoms with Crippen LogP contribution in [0.25, 0.3) is 0 Å². The Kier molecular flexibility index (Phi) is 8.62. The second-order valence-electron chi connectivity index (χ2n) is 7.29. The molecule has 0 atom stereocenters. The second kappa shape index (κ2) is 10.9. The van der Waals surface area contributed by atoms with Crippen LogP contribution in [0.3, 0.4) is 0 Å². The first-order valence-corrected chi connectivity index (χ1v) is 10.9. The van der Waals surface area contributed by atoms with E-state index in [0.717, 1.165) is 34.2 Å². The van der Waals surface area contributed by atoms with Crippen LogP contribution in [0.5, 0.6) is 0 Å². The van der Waals surface area contributed by atoms with Crippen molar-refractivity contribution in [2.45, 2.75) is 38.4 Å². The molecule has 0 fully saturated rings. The normalized spacial score (nSPS) is 10.8. The number of nitriles is 1. The molecule has 2 rings (SSSR count). The molecule has 154 valence electrons. The van der Waals surface area contributed by atoms with Gasteiger partial charge in [0, 0.05) is 37.4 Å². The molecule has 0 unspecified atom stereocenters. The van der Waals surface area contributed by atoms with Crippen molar-refractivity contribution in [3.63, 3.8) is 0 Å². The molecule has 0 aliphatic rings. The molecular formula is C22H29N5OS. The predicted octanol–water partition coefficient (Wildman–Crippen LogP) is 3.21. The Labute approximate surface area is 178 Å². The molecule has 0 radical (unpaired) electrons. The van der Waals surface area contributed by atoms with Gasteiger partial charge in [-0.05, 0) is 63.9 Å². The lowest BCUT2D eigenvalue weighted by molar-refractivity contribution is -0.131. The molecule has 0 aliphatic heterocycles. The SMILES string of the molecule is CSc1nc(C)c(CCC(=O)N(CCN(C)C)Cc2ccc(C#N)cc2)c(C)n1. The Morgan fingerprint density at radius 1 is 1.10 bits per heavy atom. The molecule has 0 saturated heterocycles. The smallest absolute Gasteiger partial charge is 0.223 e. The lowest BCUT2D eigenvalue weighted by Crippen LogP contribution is -2.36. The van der Waals surface area contributed by atoms with Crippen molar-refractivity contribution in [1.29, 1.82) is 5.26 Å². The summed E-state index contributed by atoms with van der Waals surface area (Å²) >= 11 is 1.53. The van der Waals surface area contributed by atoms with E-state index in [4.69, 9.17) is 5.26 Å². The second-order valence-corrected chi connectivity index (χ2v) is 8.06. The van der Waals surface area contributed by atoms with Gasteiger partial charge in [-0.3, -0.25) is 4.79 Å². The molecule has 0 spiro atoms. The third-order valence-electron chi connectivity index (χ3n) is 4.80. The first-order chi connectivity index (χ1) is 13.8. The third-order valence-corrected chi connectivity index (χ3v) is 5.35. The summed E-state index contributed by atoms with van der Waals surface area (Å²) in [5, 5.41) is 9.74. The molecule has 2 aromatic rings. The molecule has 1 heterocycles. The maximum absolute atomic E-state index is 13.0. The predicted molar refractivity (Wildman–Crippen MR) is 117 cm³/mol. The lowest BCUT2D eigenvalue weighted by Gasteiger charge is -2.25. The number of rotatable bonds is 9. The van der Waals surface area contributed by atoms with Crippen LogP contribution in [0.1, 0.15) is 34.5 Å². The fourth-order valence-electron chi connectivity index (χ4n) is 3.07. The average molecular weight is 412 g/mol. The van der Waals surface area contributed by atoms with E-state index >= 15 is 0 Å². The molecule has 1 aromatic heterocycles. The molecule has 0 bridgehead atoms. The fraction of sp³-hybridized carbons (Fsp3) is 0.455. The fourth-order valence-corrected chi connectivity index (χ4v) is 3.53. The largest absolute Gasteiger partial charge is 0.337 e.